The first-order valence-electron chi connectivity index (χ1n) is 6.27. The molecule has 1 N–H and O–H groups in total. The molecule has 0 saturated carbocycles. The Bertz CT molecular complexity index is 459. The van der Waals surface area contributed by atoms with Crippen molar-refractivity contribution in [3.05, 3.63) is 28.8 Å². The van der Waals surface area contributed by atoms with Gasteiger partial charge in [0.1, 0.15) is 0 Å². The van der Waals surface area contributed by atoms with Crippen molar-refractivity contribution in [3.8, 4) is 0 Å². The van der Waals surface area contributed by atoms with E-state index in [-0.39, 0.29) is 5.91 Å². The van der Waals surface area contributed by atoms with Crippen LogP contribution in [0.4, 0.5) is 5.69 Å². The van der Waals surface area contributed by atoms with Gasteiger partial charge in [-0.15, -0.1) is 0 Å². The molecule has 3 nitrogen and oxygen atoms in total. The minimum Gasteiger partial charge on any atom is -0.388 e. The summed E-state index contributed by atoms with van der Waals surface area (Å²) in [6.45, 7) is 4.63. The molecule has 0 aromatic heterocycles. The maximum atomic E-state index is 12.2. The number of halogens is 1. The predicted octanol–water partition coefficient (Wildman–Crippen LogP) is 3.16. The number of amides is 1. The number of carbonyl (C=O) groups is 1. The normalized spacial score (nSPS) is 18.9. The first-order valence-corrected chi connectivity index (χ1v) is 6.64. The Kier molecular flexibility index (Phi) is 3.93. The summed E-state index contributed by atoms with van der Waals surface area (Å²) in [6.07, 6.45) is 0.566. The van der Waals surface area contributed by atoms with Gasteiger partial charge in [-0.25, -0.2) is 0 Å². The highest BCUT2D eigenvalue weighted by atomic mass is 35.5. The minimum absolute atomic E-state index is 0.112. The Hall–Kier alpha value is -1.06. The summed E-state index contributed by atoms with van der Waals surface area (Å²) in [5, 5.41) is 10.6. The number of aliphatic hydroxyl groups is 1. The zero-order valence-corrected chi connectivity index (χ0v) is 11.4. The molecular weight excluding hydrogens is 250 g/mol. The van der Waals surface area contributed by atoms with Crippen LogP contribution in [-0.2, 0) is 4.79 Å². The monoisotopic (exact) mass is 267 g/mol. The van der Waals surface area contributed by atoms with Gasteiger partial charge in [0.05, 0.1) is 6.10 Å². The largest absolute Gasteiger partial charge is 0.388 e. The Balaban J connectivity index is 2.31. The number of benzene rings is 1. The van der Waals surface area contributed by atoms with Gasteiger partial charge in [0.25, 0.3) is 0 Å². The van der Waals surface area contributed by atoms with Gasteiger partial charge in [0, 0.05) is 29.2 Å². The van der Waals surface area contributed by atoms with Crippen LogP contribution in [0.25, 0.3) is 0 Å². The van der Waals surface area contributed by atoms with E-state index in [0.717, 1.165) is 11.3 Å². The molecule has 0 spiro atoms. The van der Waals surface area contributed by atoms with Crippen LogP contribution in [0.2, 0.25) is 5.02 Å². The third-order valence-electron chi connectivity index (χ3n) is 3.15. The molecule has 98 valence electrons. The van der Waals surface area contributed by atoms with E-state index in [1.54, 1.807) is 17.0 Å². The molecule has 1 unspecified atom stereocenters. The standard InChI is InChI=1S/C14H18ClNO2/c1-9(2)7-14(18)16-6-5-13(17)11-8-10(15)3-4-12(11)16/h3-4,8-9,13,17H,5-7H2,1-2H3. The minimum atomic E-state index is -0.526. The van der Waals surface area contributed by atoms with Crippen molar-refractivity contribution in [1.29, 1.82) is 0 Å². The summed E-state index contributed by atoms with van der Waals surface area (Å²) >= 11 is 5.94. The van der Waals surface area contributed by atoms with Crippen LogP contribution in [0.5, 0.6) is 0 Å². The lowest BCUT2D eigenvalue weighted by atomic mass is 9.98. The fraction of sp³-hybridized carbons (Fsp3) is 0.500. The molecule has 4 heteroatoms. The topological polar surface area (TPSA) is 40.5 Å². The van der Waals surface area contributed by atoms with Crippen LogP contribution in [0.3, 0.4) is 0 Å². The smallest absolute Gasteiger partial charge is 0.227 e. The summed E-state index contributed by atoms with van der Waals surface area (Å²) in [5.74, 6) is 0.445. The van der Waals surface area contributed by atoms with Gasteiger partial charge in [-0.05, 0) is 30.5 Å². The van der Waals surface area contributed by atoms with E-state index in [2.05, 4.69) is 0 Å². The van der Waals surface area contributed by atoms with Gasteiger partial charge in [0.2, 0.25) is 5.91 Å². The lowest BCUT2D eigenvalue weighted by molar-refractivity contribution is -0.119. The number of anilines is 1. The SMILES string of the molecule is CC(C)CC(=O)N1CCC(O)c2cc(Cl)ccc21. The number of carbonyl (C=O) groups excluding carboxylic acids is 1. The molecule has 0 saturated heterocycles. The van der Waals surface area contributed by atoms with Gasteiger partial charge in [-0.2, -0.15) is 0 Å². The highest BCUT2D eigenvalue weighted by Gasteiger charge is 2.27. The first-order chi connectivity index (χ1) is 8.49. The molecule has 1 aromatic carbocycles. The fourth-order valence-electron chi connectivity index (χ4n) is 2.28. The quantitative estimate of drug-likeness (QED) is 0.894. The van der Waals surface area contributed by atoms with E-state index in [1.807, 2.05) is 19.9 Å². The third-order valence-corrected chi connectivity index (χ3v) is 3.38. The van der Waals surface area contributed by atoms with Crippen LogP contribution < -0.4 is 4.90 Å². The van der Waals surface area contributed by atoms with E-state index in [9.17, 15) is 9.90 Å². The molecule has 1 atom stereocenters. The lowest BCUT2D eigenvalue weighted by Gasteiger charge is -2.32. The highest BCUT2D eigenvalue weighted by molar-refractivity contribution is 6.30. The number of nitrogens with zero attached hydrogens (tertiary/aromatic N) is 1. The summed E-state index contributed by atoms with van der Waals surface area (Å²) < 4.78 is 0. The van der Waals surface area contributed by atoms with E-state index in [4.69, 9.17) is 11.6 Å². The molecule has 2 rings (SSSR count). The van der Waals surface area contributed by atoms with Crippen LogP contribution in [0, 0.1) is 5.92 Å². The van der Waals surface area contributed by atoms with E-state index in [0.29, 0.717) is 30.3 Å². The molecular formula is C14H18ClNO2. The van der Waals surface area contributed by atoms with Crippen LogP contribution in [0.1, 0.15) is 38.4 Å². The number of hydrogen-bond donors (Lipinski definition) is 1. The molecule has 1 aliphatic rings. The predicted molar refractivity (Wildman–Crippen MR) is 72.8 cm³/mol. The van der Waals surface area contributed by atoms with Gasteiger partial charge in [0.15, 0.2) is 0 Å². The molecule has 0 bridgehead atoms. The molecule has 0 fully saturated rings. The summed E-state index contributed by atoms with van der Waals surface area (Å²) in [5.41, 5.74) is 1.55. The molecule has 0 aliphatic carbocycles. The van der Waals surface area contributed by atoms with Crippen molar-refractivity contribution in [1.82, 2.24) is 0 Å². The number of rotatable bonds is 2. The molecule has 0 radical (unpaired) electrons. The second-order valence-corrected chi connectivity index (χ2v) is 5.59. The summed E-state index contributed by atoms with van der Waals surface area (Å²) in [6, 6.07) is 5.32. The van der Waals surface area contributed by atoms with Crippen molar-refractivity contribution in [2.75, 3.05) is 11.4 Å². The third kappa shape index (κ3) is 2.68. The Morgan fingerprint density at radius 2 is 2.28 bits per heavy atom. The second-order valence-electron chi connectivity index (χ2n) is 5.15. The van der Waals surface area contributed by atoms with Crippen molar-refractivity contribution in [2.45, 2.75) is 32.8 Å². The zero-order chi connectivity index (χ0) is 13.3. The van der Waals surface area contributed by atoms with E-state index >= 15 is 0 Å². The summed E-state index contributed by atoms with van der Waals surface area (Å²) in [7, 11) is 0. The highest BCUT2D eigenvalue weighted by Crippen LogP contribution is 2.36. The van der Waals surface area contributed by atoms with Crippen LogP contribution in [0.15, 0.2) is 18.2 Å². The average molecular weight is 268 g/mol. The second kappa shape index (κ2) is 5.29. The Morgan fingerprint density at radius 3 is 2.94 bits per heavy atom. The van der Waals surface area contributed by atoms with Crippen molar-refractivity contribution in [3.63, 3.8) is 0 Å². The summed E-state index contributed by atoms with van der Waals surface area (Å²) in [4.78, 5) is 13.9. The molecule has 1 heterocycles. The number of aliphatic hydroxyl groups excluding tert-OH is 1. The molecule has 1 aromatic rings. The van der Waals surface area contributed by atoms with E-state index < -0.39 is 6.10 Å². The fourth-order valence-corrected chi connectivity index (χ4v) is 2.46. The van der Waals surface area contributed by atoms with Crippen molar-refractivity contribution >= 4 is 23.2 Å². The van der Waals surface area contributed by atoms with Gasteiger partial charge >= 0.3 is 0 Å². The van der Waals surface area contributed by atoms with Gasteiger partial charge in [-0.1, -0.05) is 25.4 Å². The molecule has 1 aliphatic heterocycles. The van der Waals surface area contributed by atoms with Crippen LogP contribution in [-0.4, -0.2) is 17.6 Å². The Morgan fingerprint density at radius 1 is 1.56 bits per heavy atom. The van der Waals surface area contributed by atoms with Crippen molar-refractivity contribution < 1.29 is 9.90 Å². The van der Waals surface area contributed by atoms with Gasteiger partial charge in [-0.3, -0.25) is 4.79 Å². The number of fused-ring (bicyclic) bond motifs is 1. The molecule has 18 heavy (non-hydrogen) atoms. The first kappa shape index (κ1) is 13.4. The van der Waals surface area contributed by atoms with Gasteiger partial charge < -0.3 is 10.0 Å². The van der Waals surface area contributed by atoms with Crippen LogP contribution >= 0.6 is 11.6 Å². The van der Waals surface area contributed by atoms with Crippen molar-refractivity contribution in [2.24, 2.45) is 5.92 Å². The van der Waals surface area contributed by atoms with E-state index in [1.165, 1.54) is 0 Å². The maximum Gasteiger partial charge on any atom is 0.227 e. The Labute approximate surface area is 112 Å². The lowest BCUT2D eigenvalue weighted by Crippen LogP contribution is -2.37. The molecule has 1 amide bonds. The zero-order valence-electron chi connectivity index (χ0n) is 10.7. The number of hydrogen-bond acceptors (Lipinski definition) is 2. The maximum absolute atomic E-state index is 12.2. The average Bonchev–Trinajstić information content (AvgIpc) is 2.29.